The van der Waals surface area contributed by atoms with Crippen LogP contribution in [0.3, 0.4) is 0 Å². The number of halogens is 1. The van der Waals surface area contributed by atoms with Gasteiger partial charge in [0.15, 0.2) is 0 Å². The zero-order chi connectivity index (χ0) is 10.2. The van der Waals surface area contributed by atoms with Crippen LogP contribution < -0.4 is 51.4 Å². The van der Waals surface area contributed by atoms with Crippen molar-refractivity contribution in [2.24, 2.45) is 0 Å². The van der Waals surface area contributed by atoms with Crippen LogP contribution in [0.4, 0.5) is 0 Å². The third-order valence-corrected chi connectivity index (χ3v) is 3.70. The van der Waals surface area contributed by atoms with Gasteiger partial charge in [0.1, 0.15) is 0 Å². The molecule has 0 saturated heterocycles. The number of rotatable bonds is 1. The number of carbonyl (C=O) groups is 1. The summed E-state index contributed by atoms with van der Waals surface area (Å²) in [6, 6.07) is 1.73. The van der Waals surface area contributed by atoms with Crippen molar-refractivity contribution in [2.45, 2.75) is 20.8 Å². The van der Waals surface area contributed by atoms with Crippen molar-refractivity contribution in [3.63, 3.8) is 0 Å². The predicted octanol–water partition coefficient (Wildman–Crippen LogP) is 0.0312. The topological polar surface area (TPSA) is 37.3 Å². The van der Waals surface area contributed by atoms with Gasteiger partial charge in [0.05, 0.1) is 5.56 Å². The van der Waals surface area contributed by atoms with E-state index in [0.29, 0.717) is 5.56 Å². The average Bonchev–Trinajstić information content (AvgIpc) is 2.07. The number of hydrogen-bond acceptors (Lipinski definition) is 1. The molecule has 0 atom stereocenters. The number of carboxylic acids is 1. The summed E-state index contributed by atoms with van der Waals surface area (Å²) in [6.07, 6.45) is 0. The van der Waals surface area contributed by atoms with Crippen LogP contribution in [-0.2, 0) is 0 Å². The van der Waals surface area contributed by atoms with Gasteiger partial charge in [-0.3, -0.25) is 0 Å². The zero-order valence-electron chi connectivity index (χ0n) is 9.81. The first-order chi connectivity index (χ1) is 5.95. The Morgan fingerprint density at radius 3 is 2.29 bits per heavy atom. The van der Waals surface area contributed by atoms with Crippen LogP contribution in [0, 0.1) is 24.3 Å². The van der Waals surface area contributed by atoms with E-state index in [1.54, 1.807) is 6.07 Å². The molecule has 14 heavy (non-hydrogen) atoms. The molecule has 72 valence electrons. The molecular weight excluding hydrogens is 318 g/mol. The van der Waals surface area contributed by atoms with Crippen molar-refractivity contribution in [1.82, 2.24) is 0 Å². The first-order valence-corrected chi connectivity index (χ1v) is 5.02. The number of benzene rings is 1. The molecular formula is C10H12IKO2. The molecule has 0 aliphatic heterocycles. The maximum atomic E-state index is 10.8. The molecule has 0 amide bonds. The first-order valence-electron chi connectivity index (χ1n) is 3.94. The molecule has 0 heterocycles. The number of hydrogen-bond donors (Lipinski definition) is 1. The van der Waals surface area contributed by atoms with E-state index in [-0.39, 0.29) is 52.8 Å². The van der Waals surface area contributed by atoms with E-state index in [0.717, 1.165) is 14.7 Å². The van der Waals surface area contributed by atoms with Crippen LogP contribution in [0.1, 0.15) is 28.5 Å². The Kier molecular flexibility index (Phi) is 6.41. The molecule has 4 heteroatoms. The Balaban J connectivity index is 0. The fraction of sp³-hybridized carbons (Fsp3) is 0.300. The van der Waals surface area contributed by atoms with Crippen molar-refractivity contribution in [2.75, 3.05) is 0 Å². The second-order valence-corrected chi connectivity index (χ2v) is 4.19. The average molecular weight is 330 g/mol. The summed E-state index contributed by atoms with van der Waals surface area (Å²) in [5, 5.41) is 8.90. The minimum absolute atomic E-state index is 0. The Bertz CT molecular complexity index is 380. The van der Waals surface area contributed by atoms with Gasteiger partial charge in [-0.2, -0.15) is 0 Å². The maximum Gasteiger partial charge on any atom is 1.00 e. The molecule has 0 saturated carbocycles. The minimum atomic E-state index is -0.851. The van der Waals surface area contributed by atoms with Crippen molar-refractivity contribution < 1.29 is 62.7 Å². The smallest absolute Gasteiger partial charge is 1.00 e. The molecule has 2 nitrogen and oxygen atoms in total. The Labute approximate surface area is 142 Å². The molecule has 1 aromatic rings. The molecule has 0 unspecified atom stereocenters. The summed E-state index contributed by atoms with van der Waals surface area (Å²) in [6.45, 7) is 5.90. The van der Waals surface area contributed by atoms with E-state index in [2.05, 4.69) is 22.6 Å². The van der Waals surface area contributed by atoms with Crippen LogP contribution in [0.5, 0.6) is 0 Å². The molecule has 1 N–H and O–H groups in total. The van der Waals surface area contributed by atoms with Gasteiger partial charge in [-0.15, -0.1) is 0 Å². The van der Waals surface area contributed by atoms with E-state index in [1.165, 1.54) is 5.56 Å². The molecule has 0 bridgehead atoms. The van der Waals surface area contributed by atoms with Crippen molar-refractivity contribution >= 4 is 28.6 Å². The fourth-order valence-electron chi connectivity index (χ4n) is 1.21. The molecule has 0 aromatic heterocycles. The van der Waals surface area contributed by atoms with Gasteiger partial charge in [-0.1, -0.05) is 0 Å². The van der Waals surface area contributed by atoms with Gasteiger partial charge in [0.25, 0.3) is 0 Å². The van der Waals surface area contributed by atoms with E-state index >= 15 is 0 Å². The Morgan fingerprint density at radius 2 is 1.86 bits per heavy atom. The largest absolute Gasteiger partial charge is 1.00 e. The molecule has 1 rings (SSSR count). The summed E-state index contributed by atoms with van der Waals surface area (Å²) >= 11 is 2.08. The Morgan fingerprint density at radius 1 is 1.36 bits per heavy atom. The summed E-state index contributed by atoms with van der Waals surface area (Å²) in [7, 11) is 0. The fourth-order valence-corrected chi connectivity index (χ4v) is 2.00. The van der Waals surface area contributed by atoms with Crippen molar-refractivity contribution in [3.8, 4) is 0 Å². The second-order valence-electron chi connectivity index (χ2n) is 3.11. The number of carboxylic acid groups (broad SMARTS) is 1. The summed E-state index contributed by atoms with van der Waals surface area (Å²) in [5.41, 5.74) is 3.68. The zero-order valence-corrected chi connectivity index (χ0v) is 14.1. The van der Waals surface area contributed by atoms with Gasteiger partial charge < -0.3 is 6.53 Å². The Hall–Kier alpha value is 1.06. The monoisotopic (exact) mass is 330 g/mol. The van der Waals surface area contributed by atoms with Crippen LogP contribution >= 0.6 is 22.6 Å². The molecule has 0 aliphatic rings. The quantitative estimate of drug-likeness (QED) is 0.583. The van der Waals surface area contributed by atoms with Gasteiger partial charge in [-0.25, -0.2) is 4.79 Å². The normalized spacial score (nSPS) is 9.43. The minimum Gasteiger partial charge on any atom is -1.00 e. The molecule has 1 aromatic carbocycles. The van der Waals surface area contributed by atoms with Crippen LogP contribution in [0.2, 0.25) is 0 Å². The summed E-state index contributed by atoms with van der Waals surface area (Å²) in [4.78, 5) is 10.8. The third-order valence-electron chi connectivity index (χ3n) is 2.31. The second kappa shape index (κ2) is 5.96. The SMILES string of the molecule is Cc1cc(C(=O)O)c(I)c(C)c1C.[H-].[K+]. The van der Waals surface area contributed by atoms with Gasteiger partial charge in [-0.05, 0) is 66.1 Å². The van der Waals surface area contributed by atoms with Crippen LogP contribution in [-0.4, -0.2) is 11.1 Å². The molecule has 0 spiro atoms. The first kappa shape index (κ1) is 15.1. The van der Waals surface area contributed by atoms with Gasteiger partial charge in [0, 0.05) is 3.57 Å². The number of aryl methyl sites for hydroxylation is 1. The van der Waals surface area contributed by atoms with Crippen LogP contribution in [0.15, 0.2) is 6.07 Å². The van der Waals surface area contributed by atoms with Crippen molar-refractivity contribution in [1.29, 1.82) is 0 Å². The molecule has 0 radical (unpaired) electrons. The summed E-state index contributed by atoms with van der Waals surface area (Å²) < 4.78 is 0.841. The van der Waals surface area contributed by atoms with E-state index in [1.807, 2.05) is 20.8 Å². The van der Waals surface area contributed by atoms with E-state index < -0.39 is 5.97 Å². The summed E-state index contributed by atoms with van der Waals surface area (Å²) in [5.74, 6) is -0.851. The third kappa shape index (κ3) is 3.02. The van der Waals surface area contributed by atoms with Crippen LogP contribution in [0.25, 0.3) is 0 Å². The predicted molar refractivity (Wildman–Crippen MR) is 61.4 cm³/mol. The molecule has 0 fully saturated rings. The number of aromatic carboxylic acids is 1. The van der Waals surface area contributed by atoms with Gasteiger partial charge in [0.2, 0.25) is 0 Å². The standard InChI is InChI=1S/C10H11IO2.K.H/c1-5-4-8(10(12)13)9(11)7(3)6(5)2;;/h4H,1-3H3,(H,12,13);;/q;+1;-1. The van der Waals surface area contributed by atoms with E-state index in [4.69, 9.17) is 5.11 Å². The van der Waals surface area contributed by atoms with E-state index in [9.17, 15) is 4.79 Å². The van der Waals surface area contributed by atoms with Gasteiger partial charge >= 0.3 is 57.4 Å². The van der Waals surface area contributed by atoms with Crippen molar-refractivity contribution in [3.05, 3.63) is 31.9 Å². The maximum absolute atomic E-state index is 10.8. The molecule has 0 aliphatic carbocycles.